The maximum Gasteiger partial charge on any atom is 0.246 e. The Hall–Kier alpha value is -2.14. The van der Waals surface area contributed by atoms with Gasteiger partial charge in [0.2, 0.25) is 11.7 Å². The molecular formula is C13H13N3O2. The average molecular weight is 243 g/mol. The monoisotopic (exact) mass is 243 g/mol. The van der Waals surface area contributed by atoms with E-state index in [0.717, 1.165) is 16.5 Å². The molecule has 2 aromatic heterocycles. The van der Waals surface area contributed by atoms with Gasteiger partial charge in [0.05, 0.1) is 11.8 Å². The van der Waals surface area contributed by atoms with Crippen molar-refractivity contribution in [3.63, 3.8) is 0 Å². The second-order valence-electron chi connectivity index (χ2n) is 4.82. The van der Waals surface area contributed by atoms with Gasteiger partial charge in [-0.15, -0.1) is 0 Å². The number of hydrogen-bond donors (Lipinski definition) is 1. The number of nitrogens with two attached hydrogens (primary N) is 1. The van der Waals surface area contributed by atoms with Gasteiger partial charge in [-0.05, 0) is 38.1 Å². The molecule has 2 heterocycles. The summed E-state index contributed by atoms with van der Waals surface area (Å²) in [5, 5.41) is 4.95. The molecule has 0 spiro atoms. The molecule has 3 aromatic rings. The third-order valence-corrected chi connectivity index (χ3v) is 2.69. The summed E-state index contributed by atoms with van der Waals surface area (Å²) in [4.78, 5) is 4.31. The lowest BCUT2D eigenvalue weighted by Gasteiger charge is -2.10. The van der Waals surface area contributed by atoms with Crippen molar-refractivity contribution in [2.24, 2.45) is 5.73 Å². The summed E-state index contributed by atoms with van der Waals surface area (Å²) >= 11 is 0. The highest BCUT2D eigenvalue weighted by atomic mass is 16.5. The molecule has 0 unspecified atom stereocenters. The van der Waals surface area contributed by atoms with Crippen molar-refractivity contribution in [1.29, 1.82) is 0 Å². The number of aromatic nitrogens is 2. The molecule has 0 aliphatic carbocycles. The second kappa shape index (κ2) is 3.68. The van der Waals surface area contributed by atoms with Gasteiger partial charge in [0.25, 0.3) is 0 Å². The van der Waals surface area contributed by atoms with Crippen LogP contribution in [0.25, 0.3) is 22.4 Å². The van der Waals surface area contributed by atoms with Gasteiger partial charge in [-0.2, -0.15) is 4.98 Å². The van der Waals surface area contributed by atoms with E-state index in [2.05, 4.69) is 10.1 Å². The van der Waals surface area contributed by atoms with E-state index in [1.807, 2.05) is 38.1 Å². The Morgan fingerprint density at radius 3 is 2.78 bits per heavy atom. The van der Waals surface area contributed by atoms with Gasteiger partial charge in [-0.1, -0.05) is 5.16 Å². The van der Waals surface area contributed by atoms with Gasteiger partial charge >= 0.3 is 0 Å². The van der Waals surface area contributed by atoms with Crippen LogP contribution in [0.5, 0.6) is 0 Å². The molecule has 3 rings (SSSR count). The zero-order valence-electron chi connectivity index (χ0n) is 10.2. The molecule has 2 N–H and O–H groups in total. The highest BCUT2D eigenvalue weighted by Gasteiger charge is 2.22. The molecule has 0 saturated heterocycles. The summed E-state index contributed by atoms with van der Waals surface area (Å²) in [6.45, 7) is 3.65. The molecule has 0 atom stereocenters. The van der Waals surface area contributed by atoms with Crippen molar-refractivity contribution in [3.05, 3.63) is 36.4 Å². The van der Waals surface area contributed by atoms with Crippen molar-refractivity contribution in [2.75, 3.05) is 0 Å². The molecule has 0 radical (unpaired) electrons. The van der Waals surface area contributed by atoms with Crippen LogP contribution in [0, 0.1) is 0 Å². The van der Waals surface area contributed by atoms with Crippen LogP contribution in [-0.2, 0) is 5.54 Å². The van der Waals surface area contributed by atoms with Crippen LogP contribution >= 0.6 is 0 Å². The topological polar surface area (TPSA) is 78.1 Å². The molecule has 5 heteroatoms. The fraction of sp³-hybridized carbons (Fsp3) is 0.231. The number of benzene rings is 1. The molecule has 92 valence electrons. The molecule has 0 fully saturated rings. The molecule has 18 heavy (non-hydrogen) atoms. The van der Waals surface area contributed by atoms with E-state index in [1.165, 1.54) is 0 Å². The van der Waals surface area contributed by atoms with Crippen molar-refractivity contribution in [1.82, 2.24) is 10.1 Å². The van der Waals surface area contributed by atoms with Crippen molar-refractivity contribution in [2.45, 2.75) is 19.4 Å². The van der Waals surface area contributed by atoms with E-state index in [1.54, 1.807) is 6.26 Å². The van der Waals surface area contributed by atoms with Gasteiger partial charge in [-0.25, -0.2) is 0 Å². The highest BCUT2D eigenvalue weighted by Crippen LogP contribution is 2.24. The summed E-state index contributed by atoms with van der Waals surface area (Å²) in [6.07, 6.45) is 1.65. The fourth-order valence-electron chi connectivity index (χ4n) is 1.71. The third-order valence-electron chi connectivity index (χ3n) is 2.69. The van der Waals surface area contributed by atoms with E-state index in [9.17, 15) is 0 Å². The lowest BCUT2D eigenvalue weighted by molar-refractivity contribution is 0.312. The standard InChI is InChI=1S/C13H13N3O2/c1-13(2,14)12-15-11(16-18-12)9-3-4-10-8(7-9)5-6-17-10/h3-7H,14H2,1-2H3. The fourth-order valence-corrected chi connectivity index (χ4v) is 1.71. The zero-order valence-corrected chi connectivity index (χ0v) is 10.2. The predicted octanol–water partition coefficient (Wildman–Crippen LogP) is 2.68. The smallest absolute Gasteiger partial charge is 0.246 e. The molecule has 5 nitrogen and oxygen atoms in total. The minimum Gasteiger partial charge on any atom is -0.464 e. The Morgan fingerprint density at radius 2 is 2.06 bits per heavy atom. The number of furan rings is 1. The van der Waals surface area contributed by atoms with Crippen LogP contribution in [0.2, 0.25) is 0 Å². The molecule has 0 amide bonds. The van der Waals surface area contributed by atoms with Gasteiger partial charge in [0.1, 0.15) is 5.58 Å². The summed E-state index contributed by atoms with van der Waals surface area (Å²) in [7, 11) is 0. The Morgan fingerprint density at radius 1 is 1.22 bits per heavy atom. The summed E-state index contributed by atoms with van der Waals surface area (Å²) in [5.41, 5.74) is 6.99. The van der Waals surface area contributed by atoms with Crippen molar-refractivity contribution < 1.29 is 8.94 Å². The Balaban J connectivity index is 2.06. The first kappa shape index (κ1) is 11.0. The van der Waals surface area contributed by atoms with Crippen LogP contribution in [0.15, 0.2) is 39.5 Å². The number of rotatable bonds is 2. The minimum atomic E-state index is -0.634. The van der Waals surface area contributed by atoms with E-state index in [4.69, 9.17) is 14.7 Å². The summed E-state index contributed by atoms with van der Waals surface area (Å²) < 4.78 is 10.5. The van der Waals surface area contributed by atoms with E-state index in [-0.39, 0.29) is 0 Å². The third kappa shape index (κ3) is 1.78. The average Bonchev–Trinajstić information content (AvgIpc) is 2.96. The first-order chi connectivity index (χ1) is 8.54. The molecule has 0 bridgehead atoms. The minimum absolute atomic E-state index is 0.421. The van der Waals surface area contributed by atoms with E-state index < -0.39 is 5.54 Å². The largest absolute Gasteiger partial charge is 0.464 e. The number of fused-ring (bicyclic) bond motifs is 1. The quantitative estimate of drug-likeness (QED) is 0.748. The van der Waals surface area contributed by atoms with Crippen LogP contribution in [0.4, 0.5) is 0 Å². The normalized spacial score (nSPS) is 12.2. The first-order valence-corrected chi connectivity index (χ1v) is 5.65. The Labute approximate surface area is 104 Å². The zero-order chi connectivity index (χ0) is 12.8. The summed E-state index contributed by atoms with van der Waals surface area (Å²) in [6, 6.07) is 7.63. The van der Waals surface area contributed by atoms with E-state index in [0.29, 0.717) is 11.7 Å². The van der Waals surface area contributed by atoms with Gasteiger partial charge < -0.3 is 14.7 Å². The van der Waals surface area contributed by atoms with Gasteiger partial charge in [0.15, 0.2) is 0 Å². The SMILES string of the molecule is CC(C)(N)c1nc(-c2ccc3occc3c2)no1. The number of hydrogen-bond acceptors (Lipinski definition) is 5. The molecule has 1 aromatic carbocycles. The van der Waals surface area contributed by atoms with Gasteiger partial charge in [-0.3, -0.25) is 0 Å². The summed E-state index contributed by atoms with van der Waals surface area (Å²) in [5.74, 6) is 0.955. The van der Waals surface area contributed by atoms with Crippen LogP contribution in [-0.4, -0.2) is 10.1 Å². The lowest BCUT2D eigenvalue weighted by atomic mass is 10.1. The Kier molecular flexibility index (Phi) is 2.24. The molecular weight excluding hydrogens is 230 g/mol. The maximum atomic E-state index is 5.91. The maximum absolute atomic E-state index is 5.91. The number of nitrogens with zero attached hydrogens (tertiary/aromatic N) is 2. The van der Waals surface area contributed by atoms with Crippen LogP contribution < -0.4 is 5.73 Å². The lowest BCUT2D eigenvalue weighted by Crippen LogP contribution is -2.28. The van der Waals surface area contributed by atoms with Crippen LogP contribution in [0.1, 0.15) is 19.7 Å². The predicted molar refractivity (Wildman–Crippen MR) is 66.7 cm³/mol. The first-order valence-electron chi connectivity index (χ1n) is 5.65. The molecule has 0 aliphatic heterocycles. The highest BCUT2D eigenvalue weighted by molar-refractivity contribution is 5.81. The van der Waals surface area contributed by atoms with Crippen LogP contribution in [0.3, 0.4) is 0 Å². The second-order valence-corrected chi connectivity index (χ2v) is 4.82. The van der Waals surface area contributed by atoms with Crippen molar-refractivity contribution >= 4 is 11.0 Å². The Bertz CT molecular complexity index is 691. The van der Waals surface area contributed by atoms with E-state index >= 15 is 0 Å². The molecule has 0 saturated carbocycles. The van der Waals surface area contributed by atoms with Gasteiger partial charge in [0, 0.05) is 10.9 Å². The molecule has 0 aliphatic rings. The van der Waals surface area contributed by atoms with Crippen molar-refractivity contribution in [3.8, 4) is 11.4 Å².